The van der Waals surface area contributed by atoms with Gasteiger partial charge in [0.25, 0.3) is 5.56 Å². The Hall–Kier alpha value is -3.41. The van der Waals surface area contributed by atoms with Crippen LogP contribution in [0.1, 0.15) is 5.56 Å². The number of anilines is 1. The van der Waals surface area contributed by atoms with E-state index in [2.05, 4.69) is 27.3 Å². The lowest BCUT2D eigenvalue weighted by molar-refractivity contribution is 0.726. The average molecular weight is 331 g/mol. The Kier molecular flexibility index (Phi) is 3.78. The number of benzene rings is 2. The van der Waals surface area contributed by atoms with Gasteiger partial charge in [-0.05, 0) is 36.2 Å². The number of para-hydroxylation sites is 2. The summed E-state index contributed by atoms with van der Waals surface area (Å²) in [6.45, 7) is 0.745. The van der Waals surface area contributed by atoms with Gasteiger partial charge in [0.15, 0.2) is 0 Å². The second-order valence-electron chi connectivity index (χ2n) is 5.87. The lowest BCUT2D eigenvalue weighted by atomic mass is 10.1. The fourth-order valence-electron chi connectivity index (χ4n) is 2.96. The predicted molar refractivity (Wildman–Crippen MR) is 98.1 cm³/mol. The normalized spacial score (nSPS) is 11.0. The van der Waals surface area contributed by atoms with Crippen LogP contribution in [0.4, 0.5) is 5.95 Å². The molecule has 25 heavy (non-hydrogen) atoms. The summed E-state index contributed by atoms with van der Waals surface area (Å²) in [5.41, 5.74) is 10.7. The van der Waals surface area contributed by atoms with Crippen molar-refractivity contribution >= 4 is 17.0 Å². The van der Waals surface area contributed by atoms with E-state index in [0.717, 1.165) is 35.3 Å². The van der Waals surface area contributed by atoms with E-state index in [1.54, 1.807) is 6.07 Å². The third-order valence-electron chi connectivity index (χ3n) is 4.21. The molecule has 2 aromatic heterocycles. The van der Waals surface area contributed by atoms with Crippen LogP contribution in [0.15, 0.2) is 65.5 Å². The number of fused-ring (bicyclic) bond motifs is 1. The molecule has 0 aliphatic carbocycles. The minimum Gasteiger partial charge on any atom is -0.369 e. The number of nitrogens with two attached hydrogens (primary N) is 1. The third-order valence-corrected chi connectivity index (χ3v) is 4.21. The summed E-state index contributed by atoms with van der Waals surface area (Å²) in [5.74, 6) is 0.527. The van der Waals surface area contributed by atoms with Crippen LogP contribution < -0.4 is 11.3 Å². The van der Waals surface area contributed by atoms with Crippen molar-refractivity contribution in [3.8, 4) is 11.3 Å². The molecule has 2 aromatic carbocycles. The summed E-state index contributed by atoms with van der Waals surface area (Å²) in [6, 6.07) is 19.3. The van der Waals surface area contributed by atoms with Crippen molar-refractivity contribution < 1.29 is 0 Å². The average Bonchev–Trinajstić information content (AvgIpc) is 2.96. The first kappa shape index (κ1) is 15.1. The quantitative estimate of drug-likeness (QED) is 0.601. The topological polar surface area (TPSA) is 89.6 Å². The summed E-state index contributed by atoms with van der Waals surface area (Å²) >= 11 is 0. The highest BCUT2D eigenvalue weighted by Crippen LogP contribution is 2.20. The number of aromatic nitrogens is 4. The van der Waals surface area contributed by atoms with E-state index in [0.29, 0.717) is 5.95 Å². The second-order valence-corrected chi connectivity index (χ2v) is 5.87. The Bertz CT molecular complexity index is 1080. The van der Waals surface area contributed by atoms with Gasteiger partial charge in [0, 0.05) is 18.2 Å². The molecule has 0 aliphatic rings. The van der Waals surface area contributed by atoms with Gasteiger partial charge in [-0.1, -0.05) is 30.3 Å². The van der Waals surface area contributed by atoms with E-state index in [-0.39, 0.29) is 5.56 Å². The van der Waals surface area contributed by atoms with Crippen molar-refractivity contribution in [2.45, 2.75) is 13.0 Å². The second kappa shape index (κ2) is 6.24. The zero-order valence-corrected chi connectivity index (χ0v) is 13.5. The molecule has 0 bridgehead atoms. The van der Waals surface area contributed by atoms with Gasteiger partial charge in [-0.2, -0.15) is 5.10 Å². The monoisotopic (exact) mass is 331 g/mol. The number of nitrogens with one attached hydrogen (secondary N) is 1. The minimum atomic E-state index is -0.206. The number of nitrogen functional groups attached to an aromatic ring is 1. The van der Waals surface area contributed by atoms with Crippen LogP contribution in [0.3, 0.4) is 0 Å². The van der Waals surface area contributed by atoms with E-state index >= 15 is 0 Å². The molecule has 0 saturated carbocycles. The molecular formula is C19H17N5O. The highest BCUT2D eigenvalue weighted by atomic mass is 16.1. The summed E-state index contributed by atoms with van der Waals surface area (Å²) in [5, 5.41) is 6.55. The number of nitrogens with zero attached hydrogens (tertiary/aromatic N) is 3. The van der Waals surface area contributed by atoms with Crippen molar-refractivity contribution in [3.05, 3.63) is 76.6 Å². The van der Waals surface area contributed by atoms with Gasteiger partial charge in [-0.3, -0.25) is 4.79 Å². The molecule has 6 nitrogen and oxygen atoms in total. The van der Waals surface area contributed by atoms with Gasteiger partial charge < -0.3 is 10.3 Å². The van der Waals surface area contributed by atoms with Crippen LogP contribution in [-0.2, 0) is 13.0 Å². The molecule has 0 atom stereocenters. The largest absolute Gasteiger partial charge is 0.369 e. The molecular weight excluding hydrogens is 314 g/mol. The zero-order valence-electron chi connectivity index (χ0n) is 13.5. The van der Waals surface area contributed by atoms with Crippen LogP contribution >= 0.6 is 0 Å². The number of imidazole rings is 1. The highest BCUT2D eigenvalue weighted by Gasteiger charge is 2.08. The maximum Gasteiger partial charge on any atom is 0.264 e. The summed E-state index contributed by atoms with van der Waals surface area (Å²) < 4.78 is 2.03. The molecule has 0 amide bonds. The number of aromatic amines is 1. The Morgan fingerprint density at radius 2 is 1.92 bits per heavy atom. The van der Waals surface area contributed by atoms with E-state index in [1.165, 1.54) is 11.6 Å². The Morgan fingerprint density at radius 1 is 1.04 bits per heavy atom. The van der Waals surface area contributed by atoms with Gasteiger partial charge in [-0.15, -0.1) is 0 Å². The maximum absolute atomic E-state index is 11.2. The van der Waals surface area contributed by atoms with Gasteiger partial charge >= 0.3 is 0 Å². The van der Waals surface area contributed by atoms with Crippen molar-refractivity contribution in [2.75, 3.05) is 5.73 Å². The first-order valence-corrected chi connectivity index (χ1v) is 8.06. The summed E-state index contributed by atoms with van der Waals surface area (Å²) in [4.78, 5) is 15.6. The van der Waals surface area contributed by atoms with E-state index in [4.69, 9.17) is 5.73 Å². The number of hydrogen-bond donors (Lipinski definition) is 2. The number of rotatable bonds is 4. The van der Waals surface area contributed by atoms with Crippen LogP contribution in [0, 0.1) is 0 Å². The van der Waals surface area contributed by atoms with Crippen molar-refractivity contribution in [3.63, 3.8) is 0 Å². The van der Waals surface area contributed by atoms with Crippen LogP contribution in [0.5, 0.6) is 0 Å². The van der Waals surface area contributed by atoms with Crippen LogP contribution in [0.2, 0.25) is 0 Å². The standard InChI is InChI=1S/C19H17N5O/c20-19-21-16-6-1-2-7-17(16)24(19)11-10-13-4-3-5-14(12-13)15-8-9-18(25)23-22-15/h1-9,12H,10-11H2,(H2,20,21)(H,23,25). The SMILES string of the molecule is Nc1nc2ccccc2n1CCc1cccc(-c2ccc(=O)[nH]n2)c1. The summed E-state index contributed by atoms with van der Waals surface area (Å²) in [6.07, 6.45) is 0.821. The number of aryl methyl sites for hydroxylation is 2. The van der Waals surface area contributed by atoms with E-state index < -0.39 is 0 Å². The van der Waals surface area contributed by atoms with Crippen molar-refractivity contribution in [1.82, 2.24) is 19.7 Å². The highest BCUT2D eigenvalue weighted by molar-refractivity contribution is 5.78. The lowest BCUT2D eigenvalue weighted by Crippen LogP contribution is -2.06. The Morgan fingerprint density at radius 3 is 2.76 bits per heavy atom. The molecule has 0 radical (unpaired) electrons. The van der Waals surface area contributed by atoms with E-state index in [9.17, 15) is 4.79 Å². The van der Waals surface area contributed by atoms with Gasteiger partial charge in [-0.25, -0.2) is 10.1 Å². The Labute approximate surface area is 144 Å². The van der Waals surface area contributed by atoms with Gasteiger partial charge in [0.2, 0.25) is 5.95 Å². The summed E-state index contributed by atoms with van der Waals surface area (Å²) in [7, 11) is 0. The fraction of sp³-hybridized carbons (Fsp3) is 0.105. The van der Waals surface area contributed by atoms with Crippen molar-refractivity contribution in [1.29, 1.82) is 0 Å². The van der Waals surface area contributed by atoms with E-state index in [1.807, 2.05) is 41.0 Å². The van der Waals surface area contributed by atoms with Crippen LogP contribution in [0.25, 0.3) is 22.3 Å². The molecule has 4 aromatic rings. The first-order valence-electron chi connectivity index (χ1n) is 8.06. The van der Waals surface area contributed by atoms with Crippen molar-refractivity contribution in [2.24, 2.45) is 0 Å². The minimum absolute atomic E-state index is 0.206. The molecule has 3 N–H and O–H groups in total. The maximum atomic E-state index is 11.2. The first-order chi connectivity index (χ1) is 12.2. The molecule has 0 aliphatic heterocycles. The Balaban J connectivity index is 1.59. The molecule has 124 valence electrons. The molecule has 0 unspecified atom stereocenters. The predicted octanol–water partition coefficient (Wildman–Crippen LogP) is 2.61. The number of H-pyrrole nitrogens is 1. The molecule has 0 spiro atoms. The van der Waals surface area contributed by atoms with Gasteiger partial charge in [0.1, 0.15) is 0 Å². The lowest BCUT2D eigenvalue weighted by Gasteiger charge is -2.08. The molecule has 4 rings (SSSR count). The fourth-order valence-corrected chi connectivity index (χ4v) is 2.96. The smallest absolute Gasteiger partial charge is 0.264 e. The molecule has 0 saturated heterocycles. The molecule has 2 heterocycles. The van der Waals surface area contributed by atoms with Gasteiger partial charge in [0.05, 0.1) is 16.7 Å². The molecule has 0 fully saturated rings. The third kappa shape index (κ3) is 3.01. The zero-order chi connectivity index (χ0) is 17.2. The number of hydrogen-bond acceptors (Lipinski definition) is 4. The molecule has 6 heteroatoms. The van der Waals surface area contributed by atoms with Crippen LogP contribution in [-0.4, -0.2) is 19.7 Å².